The molecule has 0 radical (unpaired) electrons. The van der Waals surface area contributed by atoms with Crippen LogP contribution in [0.3, 0.4) is 0 Å². The van der Waals surface area contributed by atoms with Gasteiger partial charge in [-0.05, 0) is 54.8 Å². The molecular formula is C20H19ClN2O2. The van der Waals surface area contributed by atoms with Crippen LogP contribution in [0.1, 0.15) is 24.5 Å². The summed E-state index contributed by atoms with van der Waals surface area (Å²) in [6.07, 6.45) is 2.44. The van der Waals surface area contributed by atoms with Crippen LogP contribution in [0.25, 0.3) is 6.08 Å². The van der Waals surface area contributed by atoms with Crippen LogP contribution in [-0.2, 0) is 4.79 Å². The number of ether oxygens (including phenoxy) is 1. The summed E-state index contributed by atoms with van der Waals surface area (Å²) in [4.78, 5) is 12.4. The average molecular weight is 355 g/mol. The van der Waals surface area contributed by atoms with Crippen LogP contribution in [0.4, 0.5) is 5.69 Å². The van der Waals surface area contributed by atoms with Crippen LogP contribution in [0.5, 0.6) is 5.75 Å². The van der Waals surface area contributed by atoms with Crippen LogP contribution in [0, 0.1) is 18.3 Å². The molecule has 5 heteroatoms. The highest BCUT2D eigenvalue weighted by molar-refractivity contribution is 6.31. The van der Waals surface area contributed by atoms with Crippen LogP contribution in [0.2, 0.25) is 5.02 Å². The number of carbonyl (C=O) groups excluding carboxylic acids is 1. The molecule has 2 aromatic rings. The maximum Gasteiger partial charge on any atom is 0.266 e. The highest BCUT2D eigenvalue weighted by Crippen LogP contribution is 2.23. The van der Waals surface area contributed by atoms with Gasteiger partial charge < -0.3 is 10.1 Å². The van der Waals surface area contributed by atoms with Gasteiger partial charge in [0.05, 0.1) is 6.61 Å². The molecule has 128 valence electrons. The fourth-order valence-corrected chi connectivity index (χ4v) is 2.34. The summed E-state index contributed by atoms with van der Waals surface area (Å²) >= 11 is 6.05. The Morgan fingerprint density at radius 2 is 2.08 bits per heavy atom. The van der Waals surface area contributed by atoms with E-state index >= 15 is 0 Å². The maximum atomic E-state index is 12.4. The third-order valence-electron chi connectivity index (χ3n) is 3.52. The number of nitrogens with zero attached hydrogens (tertiary/aromatic N) is 1. The largest absolute Gasteiger partial charge is 0.494 e. The third-order valence-corrected chi connectivity index (χ3v) is 3.93. The van der Waals surface area contributed by atoms with Gasteiger partial charge in [0.15, 0.2) is 0 Å². The Hall–Kier alpha value is -2.77. The second-order valence-corrected chi connectivity index (χ2v) is 5.86. The first-order valence-electron chi connectivity index (χ1n) is 7.96. The summed E-state index contributed by atoms with van der Waals surface area (Å²) in [5.41, 5.74) is 2.07. The quantitative estimate of drug-likeness (QED) is 0.587. The zero-order valence-corrected chi connectivity index (χ0v) is 14.9. The second-order valence-electron chi connectivity index (χ2n) is 5.46. The van der Waals surface area contributed by atoms with Crippen LogP contribution in [-0.4, -0.2) is 12.5 Å². The molecule has 0 fully saturated rings. The van der Waals surface area contributed by atoms with E-state index < -0.39 is 5.91 Å². The van der Waals surface area contributed by atoms with Gasteiger partial charge in [0.25, 0.3) is 5.91 Å². The lowest BCUT2D eigenvalue weighted by atomic mass is 10.1. The molecule has 1 N–H and O–H groups in total. The smallest absolute Gasteiger partial charge is 0.266 e. The molecule has 1 amide bonds. The van der Waals surface area contributed by atoms with E-state index in [4.69, 9.17) is 16.3 Å². The van der Waals surface area contributed by atoms with Gasteiger partial charge in [-0.25, -0.2) is 0 Å². The number of amides is 1. The Bertz CT molecular complexity index is 838. The third kappa shape index (κ3) is 5.10. The standard InChI is InChI=1S/C20H19ClN2O2/c1-3-10-25-17-7-4-6-15(12-17)11-16(13-22)20(24)23-19-9-5-8-18(21)14(19)2/h4-9,11-12H,3,10H2,1-2H3,(H,23,24)/b16-11-. The summed E-state index contributed by atoms with van der Waals surface area (Å²) in [7, 11) is 0. The number of halogens is 1. The molecular weight excluding hydrogens is 336 g/mol. The topological polar surface area (TPSA) is 62.1 Å². The normalized spacial score (nSPS) is 10.9. The molecule has 0 saturated heterocycles. The van der Waals surface area contributed by atoms with Gasteiger partial charge in [-0.3, -0.25) is 4.79 Å². The predicted octanol–water partition coefficient (Wildman–Crippen LogP) is 4.98. The Balaban J connectivity index is 2.21. The van der Waals surface area contributed by atoms with E-state index in [0.717, 1.165) is 17.5 Å². The monoisotopic (exact) mass is 354 g/mol. The molecule has 25 heavy (non-hydrogen) atoms. The highest BCUT2D eigenvalue weighted by atomic mass is 35.5. The van der Waals surface area contributed by atoms with Crippen molar-refractivity contribution in [3.63, 3.8) is 0 Å². The molecule has 0 atom stereocenters. The van der Waals surface area contributed by atoms with Crippen molar-refractivity contribution in [3.8, 4) is 11.8 Å². The van der Waals surface area contributed by atoms with Gasteiger partial charge in [-0.2, -0.15) is 5.26 Å². The van der Waals surface area contributed by atoms with Crippen molar-refractivity contribution in [2.24, 2.45) is 0 Å². The van der Waals surface area contributed by atoms with Crippen LogP contribution in [0.15, 0.2) is 48.0 Å². The zero-order valence-electron chi connectivity index (χ0n) is 14.2. The number of hydrogen-bond acceptors (Lipinski definition) is 3. The lowest BCUT2D eigenvalue weighted by Gasteiger charge is -2.09. The van der Waals surface area contributed by atoms with Crippen molar-refractivity contribution in [3.05, 3.63) is 64.2 Å². The van der Waals surface area contributed by atoms with E-state index in [2.05, 4.69) is 5.32 Å². The van der Waals surface area contributed by atoms with Crippen molar-refractivity contribution in [1.29, 1.82) is 5.26 Å². The Morgan fingerprint density at radius 1 is 1.32 bits per heavy atom. The number of nitriles is 1. The van der Waals surface area contributed by atoms with Crippen LogP contribution < -0.4 is 10.1 Å². The van der Waals surface area contributed by atoms with E-state index in [-0.39, 0.29) is 5.57 Å². The van der Waals surface area contributed by atoms with E-state index in [0.29, 0.717) is 23.1 Å². The van der Waals surface area contributed by atoms with Crippen LogP contribution >= 0.6 is 11.6 Å². The summed E-state index contributed by atoms with van der Waals surface area (Å²) in [5, 5.41) is 12.6. The number of hydrogen-bond donors (Lipinski definition) is 1. The SMILES string of the molecule is CCCOc1cccc(/C=C(/C#N)C(=O)Nc2cccc(Cl)c2C)c1. The molecule has 0 aliphatic carbocycles. The first-order chi connectivity index (χ1) is 12.0. The molecule has 0 spiro atoms. The summed E-state index contributed by atoms with van der Waals surface area (Å²) < 4.78 is 5.57. The van der Waals surface area contributed by atoms with E-state index in [1.165, 1.54) is 6.08 Å². The van der Waals surface area contributed by atoms with Gasteiger partial charge in [0, 0.05) is 10.7 Å². The summed E-state index contributed by atoms with van der Waals surface area (Å²) in [6, 6.07) is 14.5. The highest BCUT2D eigenvalue weighted by Gasteiger charge is 2.12. The number of benzene rings is 2. The molecule has 0 saturated carbocycles. The predicted molar refractivity (Wildman–Crippen MR) is 101 cm³/mol. The fraction of sp³-hybridized carbons (Fsp3) is 0.200. The number of carbonyl (C=O) groups is 1. The lowest BCUT2D eigenvalue weighted by Crippen LogP contribution is -2.14. The number of nitrogens with one attached hydrogen (secondary N) is 1. The van der Waals surface area contributed by atoms with Gasteiger partial charge in [-0.15, -0.1) is 0 Å². The molecule has 0 heterocycles. The van der Waals surface area contributed by atoms with Crippen molar-refractivity contribution in [2.45, 2.75) is 20.3 Å². The second kappa shape index (κ2) is 8.91. The van der Waals surface area contributed by atoms with Gasteiger partial charge in [0.2, 0.25) is 0 Å². The van der Waals surface area contributed by atoms with Crippen molar-refractivity contribution >= 4 is 29.3 Å². The minimum atomic E-state index is -0.479. The van der Waals surface area contributed by atoms with Crippen molar-refractivity contribution in [1.82, 2.24) is 0 Å². The van der Waals surface area contributed by atoms with Crippen molar-refractivity contribution < 1.29 is 9.53 Å². The Morgan fingerprint density at radius 3 is 2.80 bits per heavy atom. The molecule has 2 aromatic carbocycles. The molecule has 0 aliphatic rings. The molecule has 0 bridgehead atoms. The average Bonchev–Trinajstić information content (AvgIpc) is 2.62. The van der Waals surface area contributed by atoms with Crippen molar-refractivity contribution in [2.75, 3.05) is 11.9 Å². The first kappa shape index (κ1) is 18.6. The van der Waals surface area contributed by atoms with E-state index in [1.54, 1.807) is 24.3 Å². The minimum absolute atomic E-state index is 0.00650. The zero-order chi connectivity index (χ0) is 18.2. The first-order valence-corrected chi connectivity index (χ1v) is 8.34. The summed E-state index contributed by atoms with van der Waals surface area (Å²) in [6.45, 7) is 4.45. The molecule has 0 aliphatic heterocycles. The van der Waals surface area contributed by atoms with Gasteiger partial charge >= 0.3 is 0 Å². The number of rotatable bonds is 6. The van der Waals surface area contributed by atoms with Gasteiger partial charge in [0.1, 0.15) is 17.4 Å². The minimum Gasteiger partial charge on any atom is -0.494 e. The van der Waals surface area contributed by atoms with E-state index in [9.17, 15) is 10.1 Å². The Kier molecular flexibility index (Phi) is 6.62. The summed E-state index contributed by atoms with van der Waals surface area (Å²) in [5.74, 6) is 0.228. The molecule has 0 unspecified atom stereocenters. The molecule has 0 aromatic heterocycles. The molecule has 4 nitrogen and oxygen atoms in total. The number of anilines is 1. The maximum absolute atomic E-state index is 12.4. The molecule has 2 rings (SSSR count). The van der Waals surface area contributed by atoms with Gasteiger partial charge in [-0.1, -0.05) is 36.7 Å². The van der Waals surface area contributed by atoms with E-state index in [1.807, 2.05) is 38.1 Å². The fourth-order valence-electron chi connectivity index (χ4n) is 2.16. The Labute approximate surface area is 152 Å². The lowest BCUT2D eigenvalue weighted by molar-refractivity contribution is -0.112.